The van der Waals surface area contributed by atoms with Crippen LogP contribution in [0.2, 0.25) is 0 Å². The minimum Gasteiger partial charge on any atom is -0.470 e. The number of hydrogen-bond acceptors (Lipinski definition) is 8. The Kier molecular flexibility index (Phi) is 5.91. The number of nitrogens with zero attached hydrogens (tertiary/aromatic N) is 3. The minimum absolute atomic E-state index is 0.0204. The third-order valence-corrected chi connectivity index (χ3v) is 4.43. The van der Waals surface area contributed by atoms with Crippen molar-refractivity contribution >= 4 is 11.8 Å². The van der Waals surface area contributed by atoms with Crippen molar-refractivity contribution in [3.63, 3.8) is 0 Å². The molecule has 1 aliphatic heterocycles. The largest absolute Gasteiger partial charge is 0.470 e. The smallest absolute Gasteiger partial charge is 0.339 e. The minimum atomic E-state index is -0.810. The highest BCUT2D eigenvalue weighted by molar-refractivity contribution is 6.04. The molecule has 5 N–H and O–H groups in total. The molecule has 9 nitrogen and oxygen atoms in total. The molecule has 0 saturated carbocycles. The average Bonchev–Trinajstić information content (AvgIpc) is 3.25. The van der Waals surface area contributed by atoms with Gasteiger partial charge in [0.2, 0.25) is 0 Å². The SMILES string of the molecule is COC(=O)C(=C/C(C)c1ncc(-c2cn[nH]c2)c2c1C(N)=NCO2)/C(N)=C\CF. The first-order valence-corrected chi connectivity index (χ1v) is 8.75. The van der Waals surface area contributed by atoms with E-state index >= 15 is 0 Å². The van der Waals surface area contributed by atoms with Crippen LogP contribution in [0.1, 0.15) is 24.1 Å². The monoisotopic (exact) mass is 400 g/mol. The van der Waals surface area contributed by atoms with Gasteiger partial charge < -0.3 is 20.9 Å². The maximum atomic E-state index is 12.7. The maximum Gasteiger partial charge on any atom is 0.339 e. The number of carbonyl (C=O) groups excluding carboxylic acids is 1. The lowest BCUT2D eigenvalue weighted by Gasteiger charge is -2.22. The molecule has 1 unspecified atom stereocenters. The van der Waals surface area contributed by atoms with Gasteiger partial charge >= 0.3 is 5.97 Å². The molecule has 152 valence electrons. The first kappa shape index (κ1) is 20.1. The molecule has 3 heterocycles. The standard InChI is InChI=1S/C19H21FN6O3/c1-10(5-12(19(27)28-2)14(21)3-4-20)16-15-17(29-9-24-18(15)22)13(8-23-16)11-6-25-26-7-11/h3,5-8,10H,4,9,21H2,1-2H3,(H2,22,24)(H,25,26)/b12-5+,14-3+. The second-order valence-corrected chi connectivity index (χ2v) is 6.24. The number of fused-ring (bicyclic) bond motifs is 1. The van der Waals surface area contributed by atoms with E-state index in [9.17, 15) is 9.18 Å². The molecule has 0 spiro atoms. The molecule has 1 atom stereocenters. The number of nitrogens with one attached hydrogen (secondary N) is 1. The summed E-state index contributed by atoms with van der Waals surface area (Å²) in [5, 5.41) is 6.69. The third-order valence-electron chi connectivity index (χ3n) is 4.43. The summed E-state index contributed by atoms with van der Waals surface area (Å²) in [5.74, 6) is -0.318. The van der Waals surface area contributed by atoms with Crippen LogP contribution in [0.3, 0.4) is 0 Å². The van der Waals surface area contributed by atoms with E-state index < -0.39 is 18.6 Å². The van der Waals surface area contributed by atoms with Gasteiger partial charge in [0, 0.05) is 35.1 Å². The van der Waals surface area contributed by atoms with Gasteiger partial charge in [-0.3, -0.25) is 10.1 Å². The van der Waals surface area contributed by atoms with Crippen LogP contribution >= 0.6 is 0 Å². The Morgan fingerprint density at radius 2 is 2.28 bits per heavy atom. The van der Waals surface area contributed by atoms with Crippen LogP contribution in [0, 0.1) is 0 Å². The lowest BCUT2D eigenvalue weighted by atomic mass is 9.94. The molecular formula is C19H21FN6O3. The molecule has 0 amide bonds. The van der Waals surface area contributed by atoms with E-state index in [0.717, 1.165) is 11.6 Å². The molecule has 10 heteroatoms. The number of aliphatic imine (C=N–C) groups is 1. The number of nitrogens with two attached hydrogens (primary N) is 2. The lowest BCUT2D eigenvalue weighted by molar-refractivity contribution is -0.135. The highest BCUT2D eigenvalue weighted by atomic mass is 19.1. The Morgan fingerprint density at radius 1 is 1.48 bits per heavy atom. The number of pyridine rings is 1. The molecule has 29 heavy (non-hydrogen) atoms. The fourth-order valence-corrected chi connectivity index (χ4v) is 3.01. The lowest BCUT2D eigenvalue weighted by Crippen LogP contribution is -2.24. The summed E-state index contributed by atoms with van der Waals surface area (Å²) >= 11 is 0. The van der Waals surface area contributed by atoms with Gasteiger partial charge in [-0.2, -0.15) is 5.10 Å². The van der Waals surface area contributed by atoms with Crippen LogP contribution < -0.4 is 16.2 Å². The van der Waals surface area contributed by atoms with Crippen molar-refractivity contribution < 1.29 is 18.7 Å². The number of carbonyl (C=O) groups is 1. The van der Waals surface area contributed by atoms with Gasteiger partial charge in [-0.05, 0) is 6.08 Å². The van der Waals surface area contributed by atoms with E-state index in [1.807, 2.05) is 0 Å². The summed E-state index contributed by atoms with van der Waals surface area (Å²) in [6.45, 7) is 1.07. The van der Waals surface area contributed by atoms with E-state index in [4.69, 9.17) is 20.9 Å². The van der Waals surface area contributed by atoms with Gasteiger partial charge in [0.1, 0.15) is 18.3 Å². The number of hydrogen-bond donors (Lipinski definition) is 3. The van der Waals surface area contributed by atoms with Crippen molar-refractivity contribution in [3.05, 3.63) is 53.3 Å². The van der Waals surface area contributed by atoms with E-state index in [-0.39, 0.29) is 23.8 Å². The number of alkyl halides is 1. The van der Waals surface area contributed by atoms with Crippen molar-refractivity contribution in [2.75, 3.05) is 20.5 Å². The Balaban J connectivity index is 2.12. The van der Waals surface area contributed by atoms with Gasteiger partial charge in [0.25, 0.3) is 0 Å². The topological polar surface area (TPSA) is 142 Å². The molecule has 2 aromatic rings. The molecule has 0 bridgehead atoms. The predicted octanol–water partition coefficient (Wildman–Crippen LogP) is 1.54. The molecule has 3 rings (SSSR count). The molecular weight excluding hydrogens is 379 g/mol. The summed E-state index contributed by atoms with van der Waals surface area (Å²) in [6.07, 6.45) is 7.64. The summed E-state index contributed by atoms with van der Waals surface area (Å²) in [7, 11) is 1.22. The Bertz CT molecular complexity index is 998. The van der Waals surface area contributed by atoms with Gasteiger partial charge in [0.15, 0.2) is 6.73 Å². The summed E-state index contributed by atoms with van der Waals surface area (Å²) < 4.78 is 23.2. The Morgan fingerprint density at radius 3 is 2.93 bits per heavy atom. The first-order valence-electron chi connectivity index (χ1n) is 8.75. The zero-order valence-corrected chi connectivity index (χ0v) is 16.0. The van der Waals surface area contributed by atoms with Crippen LogP contribution in [0.15, 0.2) is 47.0 Å². The van der Waals surface area contributed by atoms with Crippen molar-refractivity contribution in [2.45, 2.75) is 12.8 Å². The third kappa shape index (κ3) is 3.96. The summed E-state index contributed by atoms with van der Waals surface area (Å²) in [4.78, 5) is 20.8. The second-order valence-electron chi connectivity index (χ2n) is 6.24. The van der Waals surface area contributed by atoms with Gasteiger partial charge in [-0.25, -0.2) is 14.2 Å². The van der Waals surface area contributed by atoms with E-state index in [1.54, 1.807) is 31.6 Å². The number of allylic oxidation sites excluding steroid dienone is 2. The Labute approximate surface area is 166 Å². The summed E-state index contributed by atoms with van der Waals surface area (Å²) in [6, 6.07) is 0. The molecule has 2 aromatic heterocycles. The Hall–Kier alpha value is -3.69. The number of H-pyrrole nitrogens is 1. The average molecular weight is 400 g/mol. The van der Waals surface area contributed by atoms with Crippen molar-refractivity contribution in [1.29, 1.82) is 0 Å². The molecule has 0 fully saturated rings. The predicted molar refractivity (Wildman–Crippen MR) is 105 cm³/mol. The molecule has 0 aromatic carbocycles. The van der Waals surface area contributed by atoms with Crippen LogP contribution in [0.4, 0.5) is 4.39 Å². The van der Waals surface area contributed by atoms with Crippen LogP contribution in [0.25, 0.3) is 11.1 Å². The molecule has 0 radical (unpaired) electrons. The zero-order valence-electron chi connectivity index (χ0n) is 16.0. The van der Waals surface area contributed by atoms with E-state index in [2.05, 4.69) is 20.2 Å². The number of rotatable bonds is 6. The van der Waals surface area contributed by atoms with Gasteiger partial charge in [0.05, 0.1) is 30.1 Å². The number of methoxy groups -OCH3 is 1. The van der Waals surface area contributed by atoms with Gasteiger partial charge in [-0.1, -0.05) is 13.0 Å². The van der Waals surface area contributed by atoms with E-state index in [0.29, 0.717) is 22.6 Å². The van der Waals surface area contributed by atoms with Crippen LogP contribution in [0.5, 0.6) is 5.75 Å². The number of esters is 1. The number of aromatic amines is 1. The van der Waals surface area contributed by atoms with Crippen LogP contribution in [-0.2, 0) is 9.53 Å². The highest BCUT2D eigenvalue weighted by Crippen LogP contribution is 2.38. The number of ether oxygens (including phenoxy) is 2. The molecule has 0 saturated heterocycles. The van der Waals surface area contributed by atoms with Crippen molar-refractivity contribution in [3.8, 4) is 16.9 Å². The molecule has 1 aliphatic rings. The van der Waals surface area contributed by atoms with Gasteiger partial charge in [-0.15, -0.1) is 0 Å². The fraction of sp³-hybridized carbons (Fsp3) is 0.263. The maximum absolute atomic E-state index is 12.7. The first-order chi connectivity index (χ1) is 14.0. The summed E-state index contributed by atoms with van der Waals surface area (Å²) in [5.41, 5.74) is 14.5. The van der Waals surface area contributed by atoms with Crippen molar-refractivity contribution in [2.24, 2.45) is 16.5 Å². The number of halogens is 1. The molecule has 0 aliphatic carbocycles. The normalized spacial score (nSPS) is 15.2. The number of amidine groups is 1. The van der Waals surface area contributed by atoms with Crippen molar-refractivity contribution in [1.82, 2.24) is 15.2 Å². The van der Waals surface area contributed by atoms with Crippen LogP contribution in [-0.4, -0.2) is 47.5 Å². The zero-order chi connectivity index (χ0) is 21.0. The van der Waals surface area contributed by atoms with E-state index in [1.165, 1.54) is 7.11 Å². The quantitative estimate of drug-likeness (QED) is 0.379. The second kappa shape index (κ2) is 8.55. The fourth-order valence-electron chi connectivity index (χ4n) is 3.01. The number of aromatic nitrogens is 3. The highest BCUT2D eigenvalue weighted by Gasteiger charge is 2.26.